The molecule has 12 nitrogen and oxygen atoms in total. The minimum Gasteiger partial charge on any atom is -0.379 e. The number of imidazole rings is 2. The number of benzene rings is 1. The van der Waals surface area contributed by atoms with Crippen molar-refractivity contribution >= 4 is 50.0 Å². The molecule has 6 heterocycles. The van der Waals surface area contributed by atoms with Crippen molar-refractivity contribution < 1.29 is 9.53 Å². The smallest absolute Gasteiger partial charge is 0.229 e. The van der Waals surface area contributed by atoms with E-state index in [1.807, 2.05) is 57.6 Å². The zero-order chi connectivity index (χ0) is 34.7. The molecule has 0 radical (unpaired) electrons. The van der Waals surface area contributed by atoms with E-state index in [1.54, 1.807) is 0 Å². The maximum absolute atomic E-state index is 12.5. The number of carbonyl (C=O) groups is 1. The lowest BCUT2D eigenvalue weighted by molar-refractivity contribution is -0.123. The number of morpholine rings is 1. The number of nitrogens with zero attached hydrogens (tertiary/aromatic N) is 8. The zero-order valence-electron chi connectivity index (χ0n) is 29.9. The van der Waals surface area contributed by atoms with Gasteiger partial charge < -0.3 is 19.9 Å². The molecule has 1 aromatic carbocycles. The molecular weight excluding hydrogens is 696 g/mol. The molecule has 2 N–H and O–H groups in total. The summed E-state index contributed by atoms with van der Waals surface area (Å²) >= 11 is 3.63. The van der Waals surface area contributed by atoms with Crippen molar-refractivity contribution in [2.75, 3.05) is 82.3 Å². The maximum atomic E-state index is 12.5. The third-order valence-corrected chi connectivity index (χ3v) is 11.2. The van der Waals surface area contributed by atoms with Gasteiger partial charge in [-0.1, -0.05) is 20.8 Å². The lowest BCUT2D eigenvalue weighted by atomic mass is 9.94. The highest BCUT2D eigenvalue weighted by molar-refractivity contribution is 9.10. The SMILES string of the molecule is CC(C)(C)C(=O)Nc1ccc2nc(CN3CCC(N(CCCN4CCOCC4)CC4CCCN(c5nccn6c(Br)cnc56)C4)CC3)[nH]c2c1. The molecule has 0 aliphatic carbocycles. The number of hydrogen-bond acceptors (Lipinski definition) is 9. The van der Waals surface area contributed by atoms with E-state index in [0.717, 1.165) is 117 Å². The quantitative estimate of drug-likeness (QED) is 0.212. The molecule has 3 aromatic heterocycles. The van der Waals surface area contributed by atoms with Gasteiger partial charge in [-0.25, -0.2) is 15.0 Å². The molecule has 3 fully saturated rings. The maximum Gasteiger partial charge on any atom is 0.229 e. The summed E-state index contributed by atoms with van der Waals surface area (Å²) in [7, 11) is 0. The van der Waals surface area contributed by atoms with E-state index in [4.69, 9.17) is 14.7 Å². The Morgan fingerprint density at radius 1 is 1.08 bits per heavy atom. The Labute approximate surface area is 304 Å². The number of likely N-dealkylation sites (tertiary alicyclic amines) is 1. The molecule has 13 heteroatoms. The predicted octanol–water partition coefficient (Wildman–Crippen LogP) is 5.26. The summed E-state index contributed by atoms with van der Waals surface area (Å²) in [6, 6.07) is 6.51. The third-order valence-electron chi connectivity index (χ3n) is 10.6. The molecule has 50 heavy (non-hydrogen) atoms. The van der Waals surface area contributed by atoms with E-state index >= 15 is 0 Å². The Morgan fingerprint density at radius 2 is 1.90 bits per heavy atom. The van der Waals surface area contributed by atoms with Gasteiger partial charge in [0.2, 0.25) is 5.91 Å². The number of aromatic nitrogens is 5. The summed E-state index contributed by atoms with van der Waals surface area (Å²) < 4.78 is 8.63. The van der Waals surface area contributed by atoms with Gasteiger partial charge in [0, 0.05) is 75.4 Å². The number of ether oxygens (including phenoxy) is 1. The third kappa shape index (κ3) is 8.50. The number of hydrogen-bond donors (Lipinski definition) is 2. The van der Waals surface area contributed by atoms with Gasteiger partial charge in [-0.2, -0.15) is 0 Å². The van der Waals surface area contributed by atoms with Crippen LogP contribution in [0.1, 0.15) is 58.7 Å². The molecule has 1 atom stereocenters. The Hall–Kier alpha value is -3.10. The molecule has 3 saturated heterocycles. The molecule has 3 aliphatic heterocycles. The van der Waals surface area contributed by atoms with Crippen molar-refractivity contribution in [3.8, 4) is 0 Å². The summed E-state index contributed by atoms with van der Waals surface area (Å²) in [5, 5.41) is 3.04. The van der Waals surface area contributed by atoms with Gasteiger partial charge >= 0.3 is 0 Å². The summed E-state index contributed by atoms with van der Waals surface area (Å²) in [6.45, 7) is 18.0. The van der Waals surface area contributed by atoms with Gasteiger partial charge in [0.1, 0.15) is 10.4 Å². The molecule has 0 bridgehead atoms. The molecule has 0 spiro atoms. The first-order valence-corrected chi connectivity index (χ1v) is 19.3. The average Bonchev–Trinajstić information content (AvgIpc) is 3.70. The van der Waals surface area contributed by atoms with Gasteiger partial charge in [-0.05, 0) is 85.2 Å². The van der Waals surface area contributed by atoms with Crippen molar-refractivity contribution in [2.45, 2.75) is 65.5 Å². The van der Waals surface area contributed by atoms with Gasteiger partial charge in [-0.3, -0.25) is 23.9 Å². The monoisotopic (exact) mass is 748 g/mol. The lowest BCUT2D eigenvalue weighted by Gasteiger charge is -2.42. The molecule has 0 saturated carbocycles. The normalized spacial score (nSPS) is 20.3. The molecule has 4 aromatic rings. The largest absolute Gasteiger partial charge is 0.379 e. The van der Waals surface area contributed by atoms with Crippen LogP contribution in [0.2, 0.25) is 0 Å². The van der Waals surface area contributed by atoms with Crippen LogP contribution in [-0.2, 0) is 16.1 Å². The van der Waals surface area contributed by atoms with Crippen LogP contribution in [0.15, 0.2) is 41.4 Å². The summed E-state index contributed by atoms with van der Waals surface area (Å²) in [5.74, 6) is 2.58. The van der Waals surface area contributed by atoms with E-state index in [2.05, 4.69) is 55.2 Å². The standard InChI is InChI=1S/C37H53BrN10O2/c1-37(2,3)36(49)41-28-7-8-30-31(22-28)43-33(42-30)26-45-15-9-29(10-16-45)46(14-5-12-44-18-20-50-21-19-44)24-27-6-4-13-47(25-27)34-35-40-23-32(38)48(35)17-11-39-34/h7-8,11,17,22-23,27,29H,4-6,9-10,12-16,18-21,24-26H2,1-3H3,(H,41,49)(H,42,43). The molecule has 7 rings (SSSR count). The van der Waals surface area contributed by atoms with E-state index in [0.29, 0.717) is 12.0 Å². The van der Waals surface area contributed by atoms with Crippen LogP contribution >= 0.6 is 15.9 Å². The van der Waals surface area contributed by atoms with Crippen molar-refractivity contribution in [2.24, 2.45) is 11.3 Å². The van der Waals surface area contributed by atoms with E-state index in [1.165, 1.54) is 32.1 Å². The minimum absolute atomic E-state index is 0.00720. The number of carbonyl (C=O) groups excluding carboxylic acids is 1. The molecular formula is C37H53BrN10O2. The van der Waals surface area contributed by atoms with Crippen molar-refractivity contribution in [3.05, 3.63) is 47.2 Å². The lowest BCUT2D eigenvalue weighted by Crippen LogP contribution is -2.49. The highest BCUT2D eigenvalue weighted by Crippen LogP contribution is 2.29. The molecule has 270 valence electrons. The van der Waals surface area contributed by atoms with Crippen LogP contribution < -0.4 is 10.2 Å². The number of amides is 1. The number of aromatic amines is 1. The number of piperidine rings is 2. The fourth-order valence-electron chi connectivity index (χ4n) is 7.77. The van der Waals surface area contributed by atoms with Crippen LogP contribution in [0, 0.1) is 11.3 Å². The molecule has 3 aliphatic rings. The number of rotatable bonds is 11. The second-order valence-corrected chi connectivity index (χ2v) is 16.2. The van der Waals surface area contributed by atoms with Crippen LogP contribution in [-0.4, -0.2) is 123 Å². The van der Waals surface area contributed by atoms with Crippen LogP contribution in [0.3, 0.4) is 0 Å². The topological polar surface area (TPSA) is 110 Å². The molecule has 1 amide bonds. The highest BCUT2D eigenvalue weighted by atomic mass is 79.9. The highest BCUT2D eigenvalue weighted by Gasteiger charge is 2.30. The number of anilines is 2. The first kappa shape index (κ1) is 35.3. The molecule has 1 unspecified atom stereocenters. The Kier molecular flexibility index (Phi) is 11.1. The van der Waals surface area contributed by atoms with Crippen molar-refractivity contribution in [1.82, 2.24) is 39.0 Å². The average molecular weight is 750 g/mol. The van der Waals surface area contributed by atoms with E-state index in [-0.39, 0.29) is 5.91 Å². The first-order chi connectivity index (χ1) is 24.2. The summed E-state index contributed by atoms with van der Waals surface area (Å²) in [6.07, 6.45) is 11.7. The van der Waals surface area contributed by atoms with E-state index in [9.17, 15) is 4.79 Å². The van der Waals surface area contributed by atoms with Gasteiger partial charge in [-0.15, -0.1) is 0 Å². The number of H-pyrrole nitrogens is 1. The van der Waals surface area contributed by atoms with Gasteiger partial charge in [0.25, 0.3) is 0 Å². The van der Waals surface area contributed by atoms with Crippen LogP contribution in [0.4, 0.5) is 11.5 Å². The summed E-state index contributed by atoms with van der Waals surface area (Å²) in [5.41, 5.74) is 3.17. The second kappa shape index (κ2) is 15.6. The minimum atomic E-state index is -0.444. The van der Waals surface area contributed by atoms with Gasteiger partial charge in [0.05, 0.1) is 37.0 Å². The fourth-order valence-corrected chi connectivity index (χ4v) is 8.16. The second-order valence-electron chi connectivity index (χ2n) is 15.4. The Bertz CT molecular complexity index is 1740. The van der Waals surface area contributed by atoms with Crippen LogP contribution in [0.5, 0.6) is 0 Å². The van der Waals surface area contributed by atoms with Crippen LogP contribution in [0.25, 0.3) is 16.7 Å². The zero-order valence-corrected chi connectivity index (χ0v) is 31.5. The Morgan fingerprint density at radius 3 is 2.70 bits per heavy atom. The predicted molar refractivity (Wildman–Crippen MR) is 202 cm³/mol. The van der Waals surface area contributed by atoms with Crippen molar-refractivity contribution in [3.63, 3.8) is 0 Å². The first-order valence-electron chi connectivity index (χ1n) is 18.5. The van der Waals surface area contributed by atoms with E-state index < -0.39 is 5.41 Å². The Balaban J connectivity index is 0.974. The van der Waals surface area contributed by atoms with Crippen molar-refractivity contribution in [1.29, 1.82) is 0 Å². The number of nitrogens with one attached hydrogen (secondary N) is 2. The summed E-state index contributed by atoms with van der Waals surface area (Å²) in [4.78, 5) is 40.8. The van der Waals surface area contributed by atoms with Gasteiger partial charge in [0.15, 0.2) is 11.5 Å². The number of fused-ring (bicyclic) bond motifs is 2. The number of halogens is 1. The fraction of sp³-hybridized carbons (Fsp3) is 0.622.